The number of benzene rings is 1. The summed E-state index contributed by atoms with van der Waals surface area (Å²) < 4.78 is 7.15. The van der Waals surface area contributed by atoms with Crippen LogP contribution in [0.1, 0.15) is 23.9 Å². The molecule has 0 radical (unpaired) electrons. The fourth-order valence-corrected chi connectivity index (χ4v) is 1.95. The largest absolute Gasteiger partial charge is 0.497 e. The highest BCUT2D eigenvalue weighted by Crippen LogP contribution is 2.19. The third kappa shape index (κ3) is 2.05. The zero-order valence-corrected chi connectivity index (χ0v) is 10.8. The van der Waals surface area contributed by atoms with Gasteiger partial charge in [-0.25, -0.2) is 4.68 Å². The predicted molar refractivity (Wildman–Crippen MR) is 69.0 cm³/mol. The fourth-order valence-electron chi connectivity index (χ4n) is 1.95. The molecule has 0 aliphatic rings. The zero-order chi connectivity index (χ0) is 12.4. The Morgan fingerprint density at radius 3 is 2.29 bits per heavy atom. The van der Waals surface area contributed by atoms with E-state index in [0.29, 0.717) is 0 Å². The maximum absolute atomic E-state index is 5.16. The SMILES string of the molecule is CCc1nn(-c2ccc(OC)cc2)c(C)c1C. The standard InChI is InChI=1S/C14H18N2O/c1-5-14-10(2)11(3)16(15-14)12-6-8-13(17-4)9-7-12/h6-9H,5H2,1-4H3. The summed E-state index contributed by atoms with van der Waals surface area (Å²) in [6.07, 6.45) is 0.968. The van der Waals surface area contributed by atoms with Gasteiger partial charge in [0.15, 0.2) is 0 Å². The van der Waals surface area contributed by atoms with Crippen LogP contribution >= 0.6 is 0 Å². The molecule has 1 aromatic carbocycles. The average molecular weight is 230 g/mol. The van der Waals surface area contributed by atoms with Crippen molar-refractivity contribution >= 4 is 0 Å². The van der Waals surface area contributed by atoms with Gasteiger partial charge in [-0.05, 0) is 50.1 Å². The molecule has 0 saturated heterocycles. The second kappa shape index (κ2) is 4.62. The Morgan fingerprint density at radius 2 is 1.82 bits per heavy atom. The van der Waals surface area contributed by atoms with Crippen molar-refractivity contribution in [1.82, 2.24) is 9.78 Å². The van der Waals surface area contributed by atoms with Gasteiger partial charge in [-0.2, -0.15) is 5.10 Å². The monoisotopic (exact) mass is 230 g/mol. The first-order valence-electron chi connectivity index (χ1n) is 5.87. The van der Waals surface area contributed by atoms with Crippen molar-refractivity contribution in [3.05, 3.63) is 41.2 Å². The van der Waals surface area contributed by atoms with Gasteiger partial charge in [0, 0.05) is 5.69 Å². The smallest absolute Gasteiger partial charge is 0.119 e. The molecule has 0 amide bonds. The van der Waals surface area contributed by atoms with Gasteiger partial charge in [-0.1, -0.05) is 6.92 Å². The van der Waals surface area contributed by atoms with Gasteiger partial charge < -0.3 is 4.74 Å². The minimum Gasteiger partial charge on any atom is -0.497 e. The molecule has 17 heavy (non-hydrogen) atoms. The summed E-state index contributed by atoms with van der Waals surface area (Å²) >= 11 is 0. The van der Waals surface area contributed by atoms with Gasteiger partial charge in [0.2, 0.25) is 0 Å². The summed E-state index contributed by atoms with van der Waals surface area (Å²) in [5, 5.41) is 4.63. The summed E-state index contributed by atoms with van der Waals surface area (Å²) in [5.41, 5.74) is 4.72. The molecule has 0 aliphatic heterocycles. The number of nitrogens with zero attached hydrogens (tertiary/aromatic N) is 2. The minimum absolute atomic E-state index is 0.867. The third-order valence-electron chi connectivity index (χ3n) is 3.17. The van der Waals surface area contributed by atoms with E-state index in [1.165, 1.54) is 17.0 Å². The van der Waals surface area contributed by atoms with Crippen LogP contribution in [0.25, 0.3) is 5.69 Å². The van der Waals surface area contributed by atoms with E-state index in [-0.39, 0.29) is 0 Å². The quantitative estimate of drug-likeness (QED) is 0.810. The molecular weight excluding hydrogens is 212 g/mol. The van der Waals surface area contributed by atoms with Crippen molar-refractivity contribution in [3.63, 3.8) is 0 Å². The lowest BCUT2D eigenvalue weighted by atomic mass is 10.2. The predicted octanol–water partition coefficient (Wildman–Crippen LogP) is 3.06. The highest BCUT2D eigenvalue weighted by molar-refractivity contribution is 5.40. The molecule has 3 heteroatoms. The van der Waals surface area contributed by atoms with Crippen molar-refractivity contribution in [2.75, 3.05) is 7.11 Å². The molecular formula is C14H18N2O. The summed E-state index contributed by atoms with van der Waals surface area (Å²) in [4.78, 5) is 0. The second-order valence-corrected chi connectivity index (χ2v) is 4.12. The normalized spacial score (nSPS) is 10.6. The second-order valence-electron chi connectivity index (χ2n) is 4.12. The molecule has 0 N–H and O–H groups in total. The number of hydrogen-bond donors (Lipinski definition) is 0. The maximum atomic E-state index is 5.16. The fraction of sp³-hybridized carbons (Fsp3) is 0.357. The van der Waals surface area contributed by atoms with Crippen LogP contribution in [-0.4, -0.2) is 16.9 Å². The van der Waals surface area contributed by atoms with Crippen molar-refractivity contribution in [3.8, 4) is 11.4 Å². The van der Waals surface area contributed by atoms with E-state index >= 15 is 0 Å². The molecule has 0 atom stereocenters. The van der Waals surface area contributed by atoms with Gasteiger partial charge >= 0.3 is 0 Å². The van der Waals surface area contributed by atoms with Crippen molar-refractivity contribution in [1.29, 1.82) is 0 Å². The minimum atomic E-state index is 0.867. The van der Waals surface area contributed by atoms with Crippen LogP contribution in [0.2, 0.25) is 0 Å². The Labute approximate surface area is 102 Å². The van der Waals surface area contributed by atoms with E-state index in [1.54, 1.807) is 7.11 Å². The first-order valence-corrected chi connectivity index (χ1v) is 5.87. The Balaban J connectivity index is 2.45. The van der Waals surface area contributed by atoms with E-state index in [9.17, 15) is 0 Å². The molecule has 0 unspecified atom stereocenters. The van der Waals surface area contributed by atoms with Crippen molar-refractivity contribution < 1.29 is 4.74 Å². The molecule has 0 saturated carbocycles. The van der Waals surface area contributed by atoms with Crippen LogP contribution in [0, 0.1) is 13.8 Å². The molecule has 0 spiro atoms. The molecule has 2 rings (SSSR count). The maximum Gasteiger partial charge on any atom is 0.119 e. The number of ether oxygens (including phenoxy) is 1. The van der Waals surface area contributed by atoms with E-state index in [1.807, 2.05) is 28.9 Å². The van der Waals surface area contributed by atoms with Gasteiger partial charge in [0.05, 0.1) is 18.5 Å². The number of aryl methyl sites for hydroxylation is 1. The molecule has 0 bridgehead atoms. The lowest BCUT2D eigenvalue weighted by molar-refractivity contribution is 0.414. The van der Waals surface area contributed by atoms with E-state index in [0.717, 1.165) is 17.9 Å². The van der Waals surface area contributed by atoms with Gasteiger partial charge in [-0.15, -0.1) is 0 Å². The number of hydrogen-bond acceptors (Lipinski definition) is 2. The molecule has 0 fully saturated rings. The lowest BCUT2D eigenvalue weighted by Gasteiger charge is -2.05. The van der Waals surface area contributed by atoms with Crippen LogP contribution < -0.4 is 4.74 Å². The van der Waals surface area contributed by atoms with Crippen LogP contribution in [0.15, 0.2) is 24.3 Å². The van der Waals surface area contributed by atoms with E-state index in [2.05, 4.69) is 25.9 Å². The molecule has 1 heterocycles. The topological polar surface area (TPSA) is 27.1 Å². The zero-order valence-electron chi connectivity index (χ0n) is 10.8. The molecule has 0 aliphatic carbocycles. The first-order chi connectivity index (χ1) is 8.17. The number of rotatable bonds is 3. The first kappa shape index (κ1) is 11.7. The molecule has 3 nitrogen and oxygen atoms in total. The summed E-state index contributed by atoms with van der Waals surface area (Å²) in [7, 11) is 1.67. The van der Waals surface area contributed by atoms with Crippen LogP contribution in [-0.2, 0) is 6.42 Å². The number of methoxy groups -OCH3 is 1. The number of aromatic nitrogens is 2. The van der Waals surface area contributed by atoms with Crippen molar-refractivity contribution in [2.24, 2.45) is 0 Å². The Morgan fingerprint density at radius 1 is 1.18 bits per heavy atom. The van der Waals surface area contributed by atoms with Crippen LogP contribution in [0.4, 0.5) is 0 Å². The van der Waals surface area contributed by atoms with Gasteiger partial charge in [-0.3, -0.25) is 0 Å². The highest BCUT2D eigenvalue weighted by Gasteiger charge is 2.10. The molecule has 90 valence electrons. The summed E-state index contributed by atoms with van der Waals surface area (Å²) in [6, 6.07) is 7.96. The van der Waals surface area contributed by atoms with Crippen LogP contribution in [0.3, 0.4) is 0 Å². The van der Waals surface area contributed by atoms with E-state index in [4.69, 9.17) is 4.74 Å². The average Bonchev–Trinajstić information content (AvgIpc) is 2.66. The summed E-state index contributed by atoms with van der Waals surface area (Å²) in [5.74, 6) is 0.867. The Bertz CT molecular complexity index is 512. The van der Waals surface area contributed by atoms with Crippen LogP contribution in [0.5, 0.6) is 5.75 Å². The summed E-state index contributed by atoms with van der Waals surface area (Å²) in [6.45, 7) is 6.36. The lowest BCUT2D eigenvalue weighted by Crippen LogP contribution is -1.99. The Kier molecular flexibility index (Phi) is 3.18. The molecule has 2 aromatic rings. The molecule has 1 aromatic heterocycles. The highest BCUT2D eigenvalue weighted by atomic mass is 16.5. The van der Waals surface area contributed by atoms with Gasteiger partial charge in [0.1, 0.15) is 5.75 Å². The van der Waals surface area contributed by atoms with Crippen molar-refractivity contribution in [2.45, 2.75) is 27.2 Å². The third-order valence-corrected chi connectivity index (χ3v) is 3.17. The van der Waals surface area contributed by atoms with Gasteiger partial charge in [0.25, 0.3) is 0 Å². The Hall–Kier alpha value is -1.77. The van der Waals surface area contributed by atoms with E-state index < -0.39 is 0 Å².